The van der Waals surface area contributed by atoms with Gasteiger partial charge in [-0.3, -0.25) is 0 Å². The molecule has 1 N–H and O–H groups in total. The Balaban J connectivity index is 2.10. The van der Waals surface area contributed by atoms with Crippen LogP contribution in [0.4, 0.5) is 5.69 Å². The molecule has 0 saturated heterocycles. The normalized spacial score (nSPS) is 10.6. The highest BCUT2D eigenvalue weighted by Crippen LogP contribution is 2.32. The van der Waals surface area contributed by atoms with Crippen molar-refractivity contribution in [2.45, 2.75) is 13.5 Å². The Morgan fingerprint density at radius 3 is 2.76 bits per heavy atom. The summed E-state index contributed by atoms with van der Waals surface area (Å²) in [6, 6.07) is 7.88. The minimum absolute atomic E-state index is 0.747. The van der Waals surface area contributed by atoms with Gasteiger partial charge in [0.05, 0.1) is 0 Å². The number of rotatable bonds is 3. The van der Waals surface area contributed by atoms with Gasteiger partial charge in [-0.05, 0) is 46.6 Å². The van der Waals surface area contributed by atoms with Crippen LogP contribution in [0.1, 0.15) is 10.4 Å². The molecule has 17 heavy (non-hydrogen) atoms. The van der Waals surface area contributed by atoms with Gasteiger partial charge in [0.1, 0.15) is 4.34 Å². The molecule has 0 spiro atoms. The number of thiophene rings is 1. The first-order chi connectivity index (χ1) is 8.08. The predicted molar refractivity (Wildman–Crippen MR) is 80.5 cm³/mol. The number of halogens is 3. The van der Waals surface area contributed by atoms with Crippen molar-refractivity contribution in [2.75, 3.05) is 5.32 Å². The summed E-state index contributed by atoms with van der Waals surface area (Å²) in [7, 11) is 0. The van der Waals surface area contributed by atoms with E-state index in [0.29, 0.717) is 0 Å². The molecule has 0 aliphatic rings. The van der Waals surface area contributed by atoms with Gasteiger partial charge in [-0.25, -0.2) is 0 Å². The topological polar surface area (TPSA) is 12.0 Å². The van der Waals surface area contributed by atoms with Crippen LogP contribution >= 0.6 is 50.5 Å². The Morgan fingerprint density at radius 1 is 1.35 bits per heavy atom. The Morgan fingerprint density at radius 2 is 2.12 bits per heavy atom. The Bertz CT molecular complexity index is 520. The fourth-order valence-electron chi connectivity index (χ4n) is 1.46. The van der Waals surface area contributed by atoms with E-state index in [9.17, 15) is 0 Å². The van der Waals surface area contributed by atoms with E-state index in [-0.39, 0.29) is 0 Å². The maximum atomic E-state index is 6.06. The number of hydrogen-bond acceptors (Lipinski definition) is 2. The largest absolute Gasteiger partial charge is 0.380 e. The lowest BCUT2D eigenvalue weighted by Gasteiger charge is -2.09. The second-order valence-electron chi connectivity index (χ2n) is 3.60. The van der Waals surface area contributed by atoms with Crippen LogP contribution < -0.4 is 5.32 Å². The number of nitrogens with one attached hydrogen (secondary N) is 1. The summed E-state index contributed by atoms with van der Waals surface area (Å²) in [4.78, 5) is 1.18. The lowest BCUT2D eigenvalue weighted by atomic mass is 10.2. The van der Waals surface area contributed by atoms with E-state index in [0.717, 1.165) is 31.6 Å². The first-order valence-corrected chi connectivity index (χ1v) is 7.37. The van der Waals surface area contributed by atoms with Gasteiger partial charge in [-0.2, -0.15) is 0 Å². The van der Waals surface area contributed by atoms with Gasteiger partial charge < -0.3 is 5.32 Å². The summed E-state index contributed by atoms with van der Waals surface area (Å²) in [5.41, 5.74) is 2.12. The third-order valence-electron chi connectivity index (χ3n) is 2.42. The molecule has 1 nitrogen and oxygen atoms in total. The van der Waals surface area contributed by atoms with Crippen LogP contribution in [0.5, 0.6) is 0 Å². The molecule has 90 valence electrons. The fourth-order valence-corrected chi connectivity index (χ4v) is 3.36. The maximum Gasteiger partial charge on any atom is 0.107 e. The van der Waals surface area contributed by atoms with Gasteiger partial charge in [0.25, 0.3) is 0 Å². The van der Waals surface area contributed by atoms with E-state index in [1.807, 2.05) is 31.2 Å². The molecular weight excluding hydrogens is 341 g/mol. The standard InChI is InChI=1S/C12H10BrCl2NS/c1-7-10(14)3-2-4-11(7)16-6-8-5-9(13)12(15)17-8/h2-5,16H,6H2,1H3. The van der Waals surface area contributed by atoms with Crippen molar-refractivity contribution in [1.29, 1.82) is 0 Å². The van der Waals surface area contributed by atoms with Crippen molar-refractivity contribution >= 4 is 56.2 Å². The van der Waals surface area contributed by atoms with E-state index in [1.165, 1.54) is 4.88 Å². The molecule has 0 saturated carbocycles. The molecule has 0 aliphatic carbocycles. The third-order valence-corrected chi connectivity index (χ3v) is 5.30. The monoisotopic (exact) mass is 349 g/mol. The SMILES string of the molecule is Cc1c(Cl)cccc1NCc1cc(Br)c(Cl)s1. The molecule has 1 aromatic carbocycles. The zero-order valence-corrected chi connectivity index (χ0v) is 13.0. The summed E-state index contributed by atoms with van der Waals surface area (Å²) < 4.78 is 1.73. The summed E-state index contributed by atoms with van der Waals surface area (Å²) in [5.74, 6) is 0. The van der Waals surface area contributed by atoms with E-state index >= 15 is 0 Å². The van der Waals surface area contributed by atoms with Crippen LogP contribution in [-0.2, 0) is 6.54 Å². The van der Waals surface area contributed by atoms with Crippen LogP contribution in [-0.4, -0.2) is 0 Å². The van der Waals surface area contributed by atoms with E-state index in [2.05, 4.69) is 21.2 Å². The minimum atomic E-state index is 0.747. The van der Waals surface area contributed by atoms with Gasteiger partial charge in [0, 0.05) is 26.6 Å². The molecule has 2 rings (SSSR count). The molecule has 0 aliphatic heterocycles. The van der Waals surface area contributed by atoms with Crippen LogP contribution in [0.15, 0.2) is 28.7 Å². The Labute approximate surface area is 123 Å². The molecule has 0 atom stereocenters. The Kier molecular flexibility index (Phi) is 4.36. The molecule has 1 heterocycles. The van der Waals surface area contributed by atoms with Crippen molar-refractivity contribution in [3.63, 3.8) is 0 Å². The van der Waals surface area contributed by atoms with Crippen LogP contribution in [0.2, 0.25) is 9.36 Å². The summed E-state index contributed by atoms with van der Waals surface area (Å²) in [6.45, 7) is 2.75. The van der Waals surface area contributed by atoms with Crippen LogP contribution in [0, 0.1) is 6.92 Å². The maximum absolute atomic E-state index is 6.06. The number of hydrogen-bond donors (Lipinski definition) is 1. The highest BCUT2D eigenvalue weighted by molar-refractivity contribution is 9.10. The summed E-state index contributed by atoms with van der Waals surface area (Å²) in [5, 5.41) is 4.14. The molecule has 0 radical (unpaired) electrons. The van der Waals surface area contributed by atoms with Crippen molar-refractivity contribution in [1.82, 2.24) is 0 Å². The average Bonchev–Trinajstić information content (AvgIpc) is 2.61. The molecule has 1 aromatic heterocycles. The first-order valence-electron chi connectivity index (χ1n) is 5.00. The zero-order chi connectivity index (χ0) is 12.4. The van der Waals surface area contributed by atoms with Crippen molar-refractivity contribution in [2.24, 2.45) is 0 Å². The summed E-state index contributed by atoms with van der Waals surface area (Å²) in [6.07, 6.45) is 0. The van der Waals surface area contributed by atoms with E-state index in [1.54, 1.807) is 11.3 Å². The third kappa shape index (κ3) is 3.16. The molecule has 0 bridgehead atoms. The van der Waals surface area contributed by atoms with Gasteiger partial charge in [-0.1, -0.05) is 29.3 Å². The second kappa shape index (κ2) is 5.61. The van der Waals surface area contributed by atoms with Crippen LogP contribution in [0.25, 0.3) is 0 Å². The van der Waals surface area contributed by atoms with E-state index in [4.69, 9.17) is 23.2 Å². The number of anilines is 1. The van der Waals surface area contributed by atoms with Crippen molar-refractivity contribution in [3.8, 4) is 0 Å². The van der Waals surface area contributed by atoms with Gasteiger partial charge in [-0.15, -0.1) is 11.3 Å². The fraction of sp³-hybridized carbons (Fsp3) is 0.167. The van der Waals surface area contributed by atoms with E-state index < -0.39 is 0 Å². The predicted octanol–water partition coefficient (Wildman–Crippen LogP) is 5.74. The lowest BCUT2D eigenvalue weighted by Crippen LogP contribution is -1.99. The molecule has 0 amide bonds. The van der Waals surface area contributed by atoms with Crippen LogP contribution in [0.3, 0.4) is 0 Å². The van der Waals surface area contributed by atoms with Gasteiger partial charge in [0.15, 0.2) is 0 Å². The van der Waals surface area contributed by atoms with Crippen molar-refractivity contribution < 1.29 is 0 Å². The molecular formula is C12H10BrCl2NS. The highest BCUT2D eigenvalue weighted by atomic mass is 79.9. The second-order valence-corrected chi connectivity index (χ2v) is 6.60. The highest BCUT2D eigenvalue weighted by Gasteiger charge is 2.06. The molecule has 2 aromatic rings. The van der Waals surface area contributed by atoms with Gasteiger partial charge in [0.2, 0.25) is 0 Å². The summed E-state index contributed by atoms with van der Waals surface area (Å²) >= 11 is 17.0. The Hall–Kier alpha value is -0.220. The molecule has 5 heteroatoms. The zero-order valence-electron chi connectivity index (χ0n) is 9.06. The van der Waals surface area contributed by atoms with Crippen molar-refractivity contribution in [3.05, 3.63) is 48.5 Å². The first kappa shape index (κ1) is 13.2. The number of benzene rings is 1. The molecule has 0 unspecified atom stereocenters. The quantitative estimate of drug-likeness (QED) is 0.744. The lowest BCUT2D eigenvalue weighted by molar-refractivity contribution is 1.18. The average molecular weight is 351 g/mol. The minimum Gasteiger partial charge on any atom is -0.380 e. The van der Waals surface area contributed by atoms with Gasteiger partial charge >= 0.3 is 0 Å². The molecule has 0 fully saturated rings. The smallest absolute Gasteiger partial charge is 0.107 e.